The first-order valence-corrected chi connectivity index (χ1v) is 12.2. The summed E-state index contributed by atoms with van der Waals surface area (Å²) in [6.07, 6.45) is 3.70. The highest BCUT2D eigenvalue weighted by Crippen LogP contribution is 2.31. The minimum atomic E-state index is -3.56. The number of carbonyl (C=O) groups excluding carboxylic acids is 1. The maximum atomic E-state index is 13.0. The fourth-order valence-electron chi connectivity index (χ4n) is 3.67. The van der Waals surface area contributed by atoms with Crippen molar-refractivity contribution in [3.05, 3.63) is 40.4 Å². The smallest absolute Gasteiger partial charge is 0.255 e. The molecule has 1 aromatic carbocycles. The van der Waals surface area contributed by atoms with E-state index in [0.29, 0.717) is 29.6 Å². The number of sulfonamides is 1. The second-order valence-electron chi connectivity index (χ2n) is 7.36. The number of carbonyl (C=O) groups is 1. The fourth-order valence-corrected chi connectivity index (χ4v) is 6.18. The van der Waals surface area contributed by atoms with Crippen LogP contribution in [0, 0.1) is 0 Å². The van der Waals surface area contributed by atoms with Crippen molar-refractivity contribution in [3.63, 3.8) is 0 Å². The number of rotatable bonds is 6. The van der Waals surface area contributed by atoms with Crippen molar-refractivity contribution in [2.75, 3.05) is 18.5 Å². The molecule has 7 nitrogen and oxygen atoms in total. The first kappa shape index (κ1) is 20.5. The number of anilines is 1. The molecular formula is C20H25N3O4S2. The number of aryl methyl sites for hydroxylation is 1. The van der Waals surface area contributed by atoms with Crippen LogP contribution in [0.5, 0.6) is 0 Å². The first-order chi connectivity index (χ1) is 14.0. The van der Waals surface area contributed by atoms with E-state index in [4.69, 9.17) is 4.74 Å². The third-order valence-electron chi connectivity index (χ3n) is 5.25. The molecule has 0 bridgehead atoms. The number of nitrogens with one attached hydrogen (secondary N) is 1. The number of thiazole rings is 1. The number of aromatic nitrogens is 1. The summed E-state index contributed by atoms with van der Waals surface area (Å²) in [5.41, 5.74) is 2.00. The third-order valence-corrected chi connectivity index (χ3v) is 8.11. The zero-order chi connectivity index (χ0) is 20.4. The topological polar surface area (TPSA) is 88.6 Å². The summed E-state index contributed by atoms with van der Waals surface area (Å²) in [5.74, 6) is -0.176. The average Bonchev–Trinajstić information content (AvgIpc) is 3.37. The van der Waals surface area contributed by atoms with E-state index in [0.717, 1.165) is 41.8 Å². The normalized spacial score (nSPS) is 19.8. The van der Waals surface area contributed by atoms with Crippen molar-refractivity contribution in [2.24, 2.45) is 0 Å². The molecule has 29 heavy (non-hydrogen) atoms. The van der Waals surface area contributed by atoms with Crippen molar-refractivity contribution in [3.8, 4) is 0 Å². The molecule has 0 radical (unpaired) electrons. The molecule has 1 N–H and O–H groups in total. The Balaban J connectivity index is 1.46. The maximum absolute atomic E-state index is 13.0. The van der Waals surface area contributed by atoms with Crippen LogP contribution >= 0.6 is 11.3 Å². The Hall–Kier alpha value is -1.81. The van der Waals surface area contributed by atoms with Gasteiger partial charge in [0.15, 0.2) is 5.13 Å². The molecule has 2 aliphatic heterocycles. The second-order valence-corrected chi connectivity index (χ2v) is 10.4. The highest BCUT2D eigenvalue weighted by molar-refractivity contribution is 7.89. The Bertz CT molecular complexity index is 980. The Morgan fingerprint density at radius 1 is 1.34 bits per heavy atom. The van der Waals surface area contributed by atoms with Gasteiger partial charge in [-0.1, -0.05) is 25.5 Å². The lowest BCUT2D eigenvalue weighted by molar-refractivity contribution is -0.124. The summed E-state index contributed by atoms with van der Waals surface area (Å²) in [6, 6.07) is 7.15. The molecule has 1 saturated heterocycles. The minimum Gasteiger partial charge on any atom is -0.368 e. The Kier molecular flexibility index (Phi) is 6.00. The third kappa shape index (κ3) is 4.37. The number of amides is 1. The molecule has 3 heterocycles. The fraction of sp³-hybridized carbons (Fsp3) is 0.500. The highest BCUT2D eigenvalue weighted by atomic mass is 32.2. The molecule has 4 rings (SSSR count). The maximum Gasteiger partial charge on any atom is 0.255 e. The molecule has 2 aliphatic rings. The van der Waals surface area contributed by atoms with E-state index in [1.165, 1.54) is 15.6 Å². The summed E-state index contributed by atoms with van der Waals surface area (Å²) in [6.45, 7) is 3.37. The van der Waals surface area contributed by atoms with Gasteiger partial charge in [-0.2, -0.15) is 4.31 Å². The lowest BCUT2D eigenvalue weighted by Crippen LogP contribution is -2.35. The number of hydrogen-bond donors (Lipinski definition) is 1. The molecule has 2 aromatic rings. The van der Waals surface area contributed by atoms with E-state index in [1.807, 2.05) is 12.1 Å². The molecule has 0 aliphatic carbocycles. The monoisotopic (exact) mass is 435 g/mol. The van der Waals surface area contributed by atoms with Gasteiger partial charge in [0, 0.05) is 24.4 Å². The molecule has 9 heteroatoms. The van der Waals surface area contributed by atoms with Gasteiger partial charge < -0.3 is 4.74 Å². The van der Waals surface area contributed by atoms with Gasteiger partial charge in [-0.25, -0.2) is 13.4 Å². The van der Waals surface area contributed by atoms with Gasteiger partial charge in [0.05, 0.1) is 17.1 Å². The van der Waals surface area contributed by atoms with E-state index < -0.39 is 16.1 Å². The van der Waals surface area contributed by atoms with E-state index in [2.05, 4.69) is 17.2 Å². The van der Waals surface area contributed by atoms with E-state index in [9.17, 15) is 13.2 Å². The lowest BCUT2D eigenvalue weighted by Gasteiger charge is -2.25. The number of fused-ring (bicyclic) bond motifs is 1. The van der Waals surface area contributed by atoms with Crippen molar-refractivity contribution >= 4 is 32.4 Å². The summed E-state index contributed by atoms with van der Waals surface area (Å²) in [7, 11) is -3.56. The predicted molar refractivity (Wildman–Crippen MR) is 111 cm³/mol. The van der Waals surface area contributed by atoms with Crippen LogP contribution in [0.1, 0.15) is 42.3 Å². The first-order valence-electron chi connectivity index (χ1n) is 9.97. The van der Waals surface area contributed by atoms with Crippen LogP contribution in [0.15, 0.2) is 29.2 Å². The molecule has 1 atom stereocenters. The molecule has 1 unspecified atom stereocenters. The van der Waals surface area contributed by atoms with Gasteiger partial charge in [-0.05, 0) is 37.0 Å². The van der Waals surface area contributed by atoms with Crippen LogP contribution in [0.3, 0.4) is 0 Å². The number of hydrogen-bond acceptors (Lipinski definition) is 6. The molecule has 0 saturated carbocycles. The Morgan fingerprint density at radius 2 is 2.14 bits per heavy atom. The minimum absolute atomic E-state index is 0.176. The van der Waals surface area contributed by atoms with Crippen LogP contribution in [-0.4, -0.2) is 42.9 Å². The van der Waals surface area contributed by atoms with Crippen molar-refractivity contribution in [2.45, 2.75) is 56.6 Å². The standard InChI is InChI=1S/C20H25N3O4S2/c1-2-4-14-6-8-15(9-7-14)29(25,26)23-11-10-16-18(13-23)28-20(21-16)22-19(24)17-5-3-12-27-17/h6-9,17H,2-5,10-13H2,1H3,(H,21,22,24). The van der Waals surface area contributed by atoms with Crippen LogP contribution < -0.4 is 5.32 Å². The number of ether oxygens (including phenoxy) is 1. The largest absolute Gasteiger partial charge is 0.368 e. The zero-order valence-corrected chi connectivity index (χ0v) is 18.0. The summed E-state index contributed by atoms with van der Waals surface area (Å²) in [5, 5.41) is 3.33. The van der Waals surface area contributed by atoms with E-state index in [1.54, 1.807) is 12.1 Å². The van der Waals surface area contributed by atoms with Crippen molar-refractivity contribution < 1.29 is 17.9 Å². The van der Waals surface area contributed by atoms with Crippen molar-refractivity contribution in [1.29, 1.82) is 0 Å². The van der Waals surface area contributed by atoms with E-state index in [-0.39, 0.29) is 12.5 Å². The van der Waals surface area contributed by atoms with Gasteiger partial charge in [0.2, 0.25) is 10.0 Å². The van der Waals surface area contributed by atoms with Gasteiger partial charge in [-0.3, -0.25) is 10.1 Å². The van der Waals surface area contributed by atoms with Gasteiger partial charge >= 0.3 is 0 Å². The second kappa shape index (κ2) is 8.51. The van der Waals surface area contributed by atoms with Gasteiger partial charge in [0.1, 0.15) is 6.10 Å². The van der Waals surface area contributed by atoms with Crippen LogP contribution in [0.2, 0.25) is 0 Å². The van der Waals surface area contributed by atoms with Crippen LogP contribution in [-0.2, 0) is 38.9 Å². The Labute approximate surface area is 175 Å². The Morgan fingerprint density at radius 3 is 2.83 bits per heavy atom. The van der Waals surface area contributed by atoms with Crippen molar-refractivity contribution in [1.82, 2.24) is 9.29 Å². The molecule has 0 spiro atoms. The predicted octanol–water partition coefficient (Wildman–Crippen LogP) is 2.96. The lowest BCUT2D eigenvalue weighted by atomic mass is 10.1. The molecule has 1 aromatic heterocycles. The molecule has 1 fully saturated rings. The van der Waals surface area contributed by atoms with Crippen LogP contribution in [0.4, 0.5) is 5.13 Å². The van der Waals surface area contributed by atoms with Crippen LogP contribution in [0.25, 0.3) is 0 Å². The number of nitrogens with zero attached hydrogens (tertiary/aromatic N) is 2. The van der Waals surface area contributed by atoms with E-state index >= 15 is 0 Å². The molecule has 1 amide bonds. The SMILES string of the molecule is CCCc1ccc(S(=O)(=O)N2CCc3nc(NC(=O)C4CCCO4)sc3C2)cc1. The number of benzene rings is 1. The molecule has 156 valence electrons. The zero-order valence-electron chi connectivity index (χ0n) is 16.4. The quantitative estimate of drug-likeness (QED) is 0.754. The van der Waals surface area contributed by atoms with Gasteiger partial charge in [-0.15, -0.1) is 11.3 Å². The summed E-state index contributed by atoms with van der Waals surface area (Å²) >= 11 is 1.34. The summed E-state index contributed by atoms with van der Waals surface area (Å²) in [4.78, 5) is 17.9. The highest BCUT2D eigenvalue weighted by Gasteiger charge is 2.31. The van der Waals surface area contributed by atoms with Gasteiger partial charge in [0.25, 0.3) is 5.91 Å². The molecular weight excluding hydrogens is 410 g/mol. The average molecular weight is 436 g/mol. The summed E-state index contributed by atoms with van der Waals surface area (Å²) < 4.78 is 33.0.